The lowest BCUT2D eigenvalue weighted by Crippen LogP contribution is -2.42. The number of carbonyl (C=O) groups excluding carboxylic acids is 1. The zero-order chi connectivity index (χ0) is 22.8. The lowest BCUT2D eigenvalue weighted by Gasteiger charge is -2.26. The van der Waals surface area contributed by atoms with Crippen LogP contribution in [0, 0.1) is 13.8 Å². The van der Waals surface area contributed by atoms with Crippen molar-refractivity contribution in [2.75, 3.05) is 10.7 Å². The number of hydrazone groups is 1. The van der Waals surface area contributed by atoms with E-state index in [0.717, 1.165) is 44.3 Å². The summed E-state index contributed by atoms with van der Waals surface area (Å²) in [6, 6.07) is 8.93. The molecule has 6 nitrogen and oxygen atoms in total. The van der Waals surface area contributed by atoms with Crippen molar-refractivity contribution in [3.63, 3.8) is 0 Å². The summed E-state index contributed by atoms with van der Waals surface area (Å²) >= 11 is 7.44. The second kappa shape index (κ2) is 9.24. The van der Waals surface area contributed by atoms with Gasteiger partial charge in [0.25, 0.3) is 5.91 Å². The number of nitrogens with zero attached hydrogens (tertiary/aromatic N) is 2. The Kier molecular flexibility index (Phi) is 6.86. The van der Waals surface area contributed by atoms with Gasteiger partial charge in [0.15, 0.2) is 5.60 Å². The van der Waals surface area contributed by atoms with Gasteiger partial charge in [-0.1, -0.05) is 29.9 Å². The van der Waals surface area contributed by atoms with E-state index in [1.807, 2.05) is 26.8 Å². The van der Waals surface area contributed by atoms with Gasteiger partial charge in [-0.25, -0.2) is 4.98 Å². The highest BCUT2D eigenvalue weighted by Crippen LogP contribution is 2.35. The van der Waals surface area contributed by atoms with Gasteiger partial charge in [0.1, 0.15) is 5.75 Å². The minimum Gasteiger partial charge on any atom is -0.478 e. The Morgan fingerprint density at radius 2 is 1.94 bits per heavy atom. The fraction of sp³-hybridized carbons (Fsp3) is 0.348. The molecule has 2 N–H and O–H groups in total. The highest BCUT2D eigenvalue weighted by atomic mass is 35.5. The van der Waals surface area contributed by atoms with Gasteiger partial charge < -0.3 is 10.1 Å². The molecule has 0 fully saturated rings. The Bertz CT molecular complexity index is 1140. The quantitative estimate of drug-likeness (QED) is 0.310. The Balaban J connectivity index is 1.84. The van der Waals surface area contributed by atoms with Crippen LogP contribution in [-0.2, 0) is 4.79 Å². The topological polar surface area (TPSA) is 75.6 Å². The molecule has 0 atom stereocenters. The number of benzene rings is 2. The zero-order valence-electron chi connectivity index (χ0n) is 18.6. The molecule has 0 aliphatic rings. The fourth-order valence-electron chi connectivity index (χ4n) is 2.96. The smallest absolute Gasteiger partial charge is 0.267 e. The van der Waals surface area contributed by atoms with Crippen LogP contribution in [0.15, 0.2) is 35.4 Å². The Morgan fingerprint density at radius 3 is 2.58 bits per heavy atom. The number of rotatable bonds is 7. The first kappa shape index (κ1) is 23.0. The molecule has 164 valence electrons. The molecule has 2 aromatic carbocycles. The molecule has 1 heterocycles. The zero-order valence-corrected chi connectivity index (χ0v) is 20.2. The first-order chi connectivity index (χ1) is 14.6. The molecule has 1 aromatic heterocycles. The van der Waals surface area contributed by atoms with Crippen molar-refractivity contribution in [1.29, 1.82) is 0 Å². The van der Waals surface area contributed by atoms with E-state index < -0.39 is 5.60 Å². The van der Waals surface area contributed by atoms with E-state index in [9.17, 15) is 4.79 Å². The van der Waals surface area contributed by atoms with E-state index in [0.29, 0.717) is 10.8 Å². The summed E-state index contributed by atoms with van der Waals surface area (Å²) in [6.07, 6.45) is 0.875. The third-order valence-electron chi connectivity index (χ3n) is 4.94. The van der Waals surface area contributed by atoms with E-state index in [1.165, 1.54) is 11.3 Å². The summed E-state index contributed by atoms with van der Waals surface area (Å²) in [5.74, 6) is 0.341. The largest absolute Gasteiger partial charge is 0.478 e. The monoisotopic (exact) mass is 458 g/mol. The molecule has 1 amide bonds. The minimum atomic E-state index is -1.07. The molecule has 3 aromatic rings. The predicted octanol–water partition coefficient (Wildman–Crippen LogP) is 6.56. The third-order valence-corrected chi connectivity index (χ3v) is 6.29. The number of halogens is 1. The summed E-state index contributed by atoms with van der Waals surface area (Å²) in [4.78, 5) is 17.7. The Hall–Kier alpha value is -2.64. The van der Waals surface area contributed by atoms with Gasteiger partial charge >= 0.3 is 0 Å². The first-order valence-corrected chi connectivity index (χ1v) is 11.3. The highest BCUT2D eigenvalue weighted by molar-refractivity contribution is 7.22. The van der Waals surface area contributed by atoms with E-state index in [1.54, 1.807) is 38.1 Å². The van der Waals surface area contributed by atoms with Crippen molar-refractivity contribution in [3.05, 3.63) is 46.5 Å². The van der Waals surface area contributed by atoms with Gasteiger partial charge in [0.2, 0.25) is 5.13 Å². The number of ether oxygens (including phenoxy) is 1. The van der Waals surface area contributed by atoms with Crippen LogP contribution in [0.3, 0.4) is 0 Å². The summed E-state index contributed by atoms with van der Waals surface area (Å²) in [7, 11) is 0. The first-order valence-electron chi connectivity index (χ1n) is 10.1. The van der Waals surface area contributed by atoms with Crippen molar-refractivity contribution in [3.8, 4) is 5.75 Å². The molecule has 0 unspecified atom stereocenters. The van der Waals surface area contributed by atoms with Gasteiger partial charge in [0, 0.05) is 16.4 Å². The van der Waals surface area contributed by atoms with Crippen LogP contribution in [0.2, 0.25) is 5.02 Å². The SMILES string of the molecule is CC/C(C)=N\Nc1nc2cc(C)c(NC(=O)C(C)(C)Oc3ccc(Cl)cc3)c(C)c2s1. The van der Waals surface area contributed by atoms with Crippen molar-refractivity contribution in [2.45, 2.75) is 53.6 Å². The number of hydrogen-bond acceptors (Lipinski definition) is 6. The second-order valence-corrected chi connectivity index (χ2v) is 9.33. The number of anilines is 2. The molecular formula is C23H27ClN4O2S. The van der Waals surface area contributed by atoms with Crippen molar-refractivity contribution >= 4 is 55.6 Å². The Labute approximate surface area is 191 Å². The number of aryl methyl sites for hydroxylation is 2. The maximum atomic E-state index is 13.1. The summed E-state index contributed by atoms with van der Waals surface area (Å²) in [5.41, 5.74) is 6.50. The fourth-order valence-corrected chi connectivity index (χ4v) is 3.97. The van der Waals surface area contributed by atoms with E-state index in [2.05, 4.69) is 27.8 Å². The van der Waals surface area contributed by atoms with Gasteiger partial charge in [-0.15, -0.1) is 0 Å². The molecule has 0 saturated carbocycles. The average molecular weight is 459 g/mol. The molecule has 0 aliphatic carbocycles. The summed E-state index contributed by atoms with van der Waals surface area (Å²) in [6.45, 7) is 11.4. The normalized spacial score (nSPS) is 12.2. The number of amides is 1. The lowest BCUT2D eigenvalue weighted by atomic mass is 10.0. The molecule has 0 radical (unpaired) electrons. The van der Waals surface area contributed by atoms with Gasteiger partial charge in [-0.3, -0.25) is 10.2 Å². The summed E-state index contributed by atoms with van der Waals surface area (Å²) in [5, 5.41) is 8.72. The maximum Gasteiger partial charge on any atom is 0.267 e. The predicted molar refractivity (Wildman–Crippen MR) is 131 cm³/mol. The van der Waals surface area contributed by atoms with Crippen LogP contribution in [-0.4, -0.2) is 22.2 Å². The highest BCUT2D eigenvalue weighted by Gasteiger charge is 2.31. The second-order valence-electron chi connectivity index (χ2n) is 7.89. The van der Waals surface area contributed by atoms with Crippen molar-refractivity contribution in [2.24, 2.45) is 5.10 Å². The van der Waals surface area contributed by atoms with E-state index in [4.69, 9.17) is 16.3 Å². The van der Waals surface area contributed by atoms with E-state index >= 15 is 0 Å². The molecule has 0 aliphatic heterocycles. The standard InChI is InChI=1S/C23H27ClN4O2S/c1-7-14(3)27-28-22-25-18-12-13(2)19(15(4)20(18)31-22)26-21(29)23(5,6)30-17-10-8-16(24)9-11-17/h8-12H,7H2,1-6H3,(H,25,28)(H,26,29)/b27-14-. The molecule has 0 bridgehead atoms. The van der Waals surface area contributed by atoms with Crippen molar-refractivity contribution < 1.29 is 9.53 Å². The molecule has 0 spiro atoms. The molecule has 31 heavy (non-hydrogen) atoms. The van der Waals surface area contributed by atoms with Crippen LogP contribution < -0.4 is 15.5 Å². The molecule has 8 heteroatoms. The summed E-state index contributed by atoms with van der Waals surface area (Å²) < 4.78 is 6.93. The number of thiazole rings is 1. The number of aromatic nitrogens is 1. The molecule has 3 rings (SSSR count). The maximum absolute atomic E-state index is 13.1. The van der Waals surface area contributed by atoms with Crippen LogP contribution in [0.1, 0.15) is 45.2 Å². The number of hydrogen-bond donors (Lipinski definition) is 2. The third kappa shape index (κ3) is 5.35. The molecule has 0 saturated heterocycles. The lowest BCUT2D eigenvalue weighted by molar-refractivity contribution is -0.128. The van der Waals surface area contributed by atoms with Crippen LogP contribution in [0.25, 0.3) is 10.2 Å². The average Bonchev–Trinajstić information content (AvgIpc) is 3.13. The van der Waals surface area contributed by atoms with Gasteiger partial charge in [-0.05, 0) is 82.5 Å². The van der Waals surface area contributed by atoms with Crippen LogP contribution >= 0.6 is 22.9 Å². The Morgan fingerprint density at radius 1 is 1.26 bits per heavy atom. The van der Waals surface area contributed by atoms with Gasteiger partial charge in [-0.2, -0.15) is 5.10 Å². The number of carbonyl (C=O) groups is 1. The molecular weight excluding hydrogens is 432 g/mol. The van der Waals surface area contributed by atoms with Gasteiger partial charge in [0.05, 0.1) is 10.2 Å². The number of nitrogens with one attached hydrogen (secondary N) is 2. The van der Waals surface area contributed by atoms with Crippen molar-refractivity contribution in [1.82, 2.24) is 4.98 Å². The van der Waals surface area contributed by atoms with Crippen LogP contribution in [0.5, 0.6) is 5.75 Å². The minimum absolute atomic E-state index is 0.237. The van der Waals surface area contributed by atoms with Crippen LogP contribution in [0.4, 0.5) is 10.8 Å². The number of fused-ring (bicyclic) bond motifs is 1. The van der Waals surface area contributed by atoms with E-state index in [-0.39, 0.29) is 5.91 Å².